The van der Waals surface area contributed by atoms with Gasteiger partial charge in [0, 0.05) is 16.3 Å². The molecule has 6 nitrogen and oxygen atoms in total. The largest absolute Gasteiger partial charge is 0.365 e. The molecule has 4 aromatic rings. The lowest BCUT2D eigenvalue weighted by atomic mass is 9.91. The molecule has 5 rings (SSSR count). The van der Waals surface area contributed by atoms with Gasteiger partial charge < -0.3 is 5.32 Å². The maximum atomic E-state index is 4.56. The van der Waals surface area contributed by atoms with Crippen molar-refractivity contribution in [2.45, 2.75) is 32.2 Å². The average Bonchev–Trinajstić information content (AvgIpc) is 2.82. The van der Waals surface area contributed by atoms with Gasteiger partial charge in [0.15, 0.2) is 0 Å². The highest BCUT2D eigenvalue weighted by molar-refractivity contribution is 5.99. The molecule has 0 spiro atoms. The summed E-state index contributed by atoms with van der Waals surface area (Å²) in [4.78, 5) is 4.56. The highest BCUT2D eigenvalue weighted by Crippen LogP contribution is 2.36. The lowest BCUT2D eigenvalue weighted by Gasteiger charge is -2.32. The Labute approximate surface area is 187 Å². The Hall–Kier alpha value is -3.93. The molecule has 1 N–H and O–H groups in total. The number of pyridine rings is 1. The number of aromatic nitrogens is 1. The predicted molar refractivity (Wildman–Crippen MR) is 129 cm³/mol. The molecule has 0 amide bonds. The lowest BCUT2D eigenvalue weighted by molar-refractivity contribution is 0.498. The van der Waals surface area contributed by atoms with E-state index in [-0.39, 0.29) is 5.54 Å². The minimum atomic E-state index is 0.0710. The monoisotopic (exact) mass is 420 g/mol. The minimum Gasteiger partial charge on any atom is -0.365 e. The summed E-state index contributed by atoms with van der Waals surface area (Å²) in [5, 5.41) is 23.3. The van der Waals surface area contributed by atoms with E-state index in [0.717, 1.165) is 52.2 Å². The summed E-state index contributed by atoms with van der Waals surface area (Å²) in [6.07, 6.45) is 3.81. The van der Waals surface area contributed by atoms with E-state index in [1.54, 1.807) is 6.20 Å². The summed E-state index contributed by atoms with van der Waals surface area (Å²) >= 11 is 0. The second kappa shape index (κ2) is 8.30. The van der Waals surface area contributed by atoms with Crippen molar-refractivity contribution in [1.82, 2.24) is 4.98 Å². The van der Waals surface area contributed by atoms with Gasteiger partial charge in [-0.25, -0.2) is 4.98 Å². The molecule has 6 heteroatoms. The molecule has 1 aromatic heterocycles. The molecule has 3 aromatic carbocycles. The van der Waals surface area contributed by atoms with Crippen molar-refractivity contribution in [3.05, 3.63) is 84.6 Å². The topological polar surface area (TPSA) is 74.4 Å². The molecule has 158 valence electrons. The third-order valence-electron chi connectivity index (χ3n) is 5.61. The van der Waals surface area contributed by atoms with Crippen LogP contribution in [0.25, 0.3) is 10.8 Å². The van der Waals surface area contributed by atoms with Crippen LogP contribution < -0.4 is 5.32 Å². The smallest absolute Gasteiger partial charge is 0.129 e. The van der Waals surface area contributed by atoms with E-state index >= 15 is 0 Å². The van der Waals surface area contributed by atoms with Crippen LogP contribution in [0, 0.1) is 0 Å². The molecular formula is C26H24N6. The van der Waals surface area contributed by atoms with Crippen LogP contribution in [0.3, 0.4) is 0 Å². The van der Waals surface area contributed by atoms with Gasteiger partial charge in [-0.05, 0) is 62.6 Å². The van der Waals surface area contributed by atoms with Crippen molar-refractivity contribution >= 4 is 39.3 Å². The Kier molecular flexibility index (Phi) is 5.19. The van der Waals surface area contributed by atoms with Crippen molar-refractivity contribution < 1.29 is 0 Å². The number of fused-ring (bicyclic) bond motifs is 2. The molecule has 0 fully saturated rings. The van der Waals surface area contributed by atoms with Crippen LogP contribution in [-0.2, 0) is 6.42 Å². The maximum Gasteiger partial charge on any atom is 0.129 e. The summed E-state index contributed by atoms with van der Waals surface area (Å²) in [6.45, 7) is 4.39. The normalized spacial score (nSPS) is 15.2. The number of azo groups is 2. The molecule has 1 aliphatic heterocycles. The number of nitrogens with zero attached hydrogens (tertiary/aromatic N) is 5. The third kappa shape index (κ3) is 4.25. The molecule has 0 atom stereocenters. The molecule has 32 heavy (non-hydrogen) atoms. The van der Waals surface area contributed by atoms with E-state index in [1.165, 1.54) is 5.56 Å². The van der Waals surface area contributed by atoms with Gasteiger partial charge in [-0.1, -0.05) is 42.5 Å². The van der Waals surface area contributed by atoms with Crippen LogP contribution in [0.5, 0.6) is 0 Å². The van der Waals surface area contributed by atoms with Crippen LogP contribution in [0.2, 0.25) is 0 Å². The molecule has 0 saturated carbocycles. The minimum absolute atomic E-state index is 0.0710. The van der Waals surface area contributed by atoms with E-state index in [4.69, 9.17) is 0 Å². The Bertz CT molecular complexity index is 1320. The van der Waals surface area contributed by atoms with Gasteiger partial charge in [-0.3, -0.25) is 0 Å². The number of hydrogen-bond donors (Lipinski definition) is 1. The summed E-state index contributed by atoms with van der Waals surface area (Å²) in [6, 6.07) is 23.7. The Morgan fingerprint density at radius 2 is 1.38 bits per heavy atom. The van der Waals surface area contributed by atoms with Gasteiger partial charge in [-0.2, -0.15) is 5.11 Å². The quantitative estimate of drug-likeness (QED) is 0.338. The first-order valence-corrected chi connectivity index (χ1v) is 10.7. The van der Waals surface area contributed by atoms with Crippen molar-refractivity contribution in [1.29, 1.82) is 0 Å². The fraction of sp³-hybridized carbons (Fsp3) is 0.192. The molecule has 0 bridgehead atoms. The maximum absolute atomic E-state index is 4.56. The Morgan fingerprint density at radius 1 is 0.750 bits per heavy atom. The van der Waals surface area contributed by atoms with Crippen LogP contribution in [0.1, 0.15) is 25.8 Å². The third-order valence-corrected chi connectivity index (χ3v) is 5.61. The fourth-order valence-corrected chi connectivity index (χ4v) is 3.85. The van der Waals surface area contributed by atoms with E-state index < -0.39 is 0 Å². The van der Waals surface area contributed by atoms with Gasteiger partial charge in [0.2, 0.25) is 0 Å². The zero-order chi connectivity index (χ0) is 22.0. The van der Waals surface area contributed by atoms with Crippen LogP contribution in [-0.4, -0.2) is 10.5 Å². The van der Waals surface area contributed by atoms with Crippen molar-refractivity contribution in [3.8, 4) is 0 Å². The first kappa shape index (κ1) is 20.0. The van der Waals surface area contributed by atoms with E-state index in [9.17, 15) is 0 Å². The molecule has 2 heterocycles. The van der Waals surface area contributed by atoms with Gasteiger partial charge in [0.05, 0.1) is 23.3 Å². The van der Waals surface area contributed by atoms with Crippen LogP contribution in [0.4, 0.5) is 28.6 Å². The lowest BCUT2D eigenvalue weighted by Crippen LogP contribution is -2.35. The fourth-order valence-electron chi connectivity index (χ4n) is 3.85. The number of rotatable bonds is 4. The van der Waals surface area contributed by atoms with E-state index in [1.807, 2.05) is 66.7 Å². The van der Waals surface area contributed by atoms with Crippen LogP contribution >= 0.6 is 0 Å². The van der Waals surface area contributed by atoms with Crippen molar-refractivity contribution in [2.75, 3.05) is 5.32 Å². The molecule has 0 aliphatic carbocycles. The first-order chi connectivity index (χ1) is 15.6. The summed E-state index contributed by atoms with van der Waals surface area (Å²) in [5.41, 5.74) is 4.41. The highest BCUT2D eigenvalue weighted by atomic mass is 15.1. The number of hydrogen-bond acceptors (Lipinski definition) is 6. The van der Waals surface area contributed by atoms with Gasteiger partial charge in [0.25, 0.3) is 0 Å². The molecule has 0 saturated heterocycles. The summed E-state index contributed by atoms with van der Waals surface area (Å²) < 4.78 is 0. The molecular weight excluding hydrogens is 396 g/mol. The average molecular weight is 421 g/mol. The summed E-state index contributed by atoms with van der Waals surface area (Å²) in [5.74, 6) is 0.943. The molecule has 0 radical (unpaired) electrons. The van der Waals surface area contributed by atoms with Gasteiger partial charge in [0.1, 0.15) is 11.5 Å². The zero-order valence-corrected chi connectivity index (χ0v) is 18.2. The number of anilines is 1. The standard InChI is InChI=1S/C26H24N6/c1-26(2)15-14-18-16-20(17-27-25(18)28-26)30-32-24-13-12-23(21-10-6-7-11-22(21)24)31-29-19-8-4-3-5-9-19/h3-13,16-17H,14-15H2,1-2H3,(H,27,28). The van der Waals surface area contributed by atoms with Crippen molar-refractivity contribution in [3.63, 3.8) is 0 Å². The zero-order valence-electron chi connectivity index (χ0n) is 18.2. The number of nitrogens with one attached hydrogen (secondary N) is 1. The van der Waals surface area contributed by atoms with E-state index in [2.05, 4.69) is 50.7 Å². The molecule has 0 unspecified atom stereocenters. The number of aryl methyl sites for hydroxylation is 1. The van der Waals surface area contributed by atoms with Gasteiger partial charge in [-0.15, -0.1) is 15.3 Å². The van der Waals surface area contributed by atoms with E-state index in [0.29, 0.717) is 0 Å². The van der Waals surface area contributed by atoms with Crippen LogP contribution in [0.15, 0.2) is 99.5 Å². The second-order valence-electron chi connectivity index (χ2n) is 8.60. The van der Waals surface area contributed by atoms with Crippen molar-refractivity contribution in [2.24, 2.45) is 20.5 Å². The predicted octanol–water partition coefficient (Wildman–Crippen LogP) is 8.20. The molecule has 1 aliphatic rings. The first-order valence-electron chi connectivity index (χ1n) is 10.7. The Morgan fingerprint density at radius 3 is 2.06 bits per heavy atom. The summed E-state index contributed by atoms with van der Waals surface area (Å²) in [7, 11) is 0. The van der Waals surface area contributed by atoms with Gasteiger partial charge >= 0.3 is 0 Å². The highest BCUT2D eigenvalue weighted by Gasteiger charge is 2.25. The Balaban J connectivity index is 1.44. The number of benzene rings is 3. The second-order valence-corrected chi connectivity index (χ2v) is 8.60. The SMILES string of the molecule is CC1(C)CCc2cc(N=Nc3ccc(N=Nc4ccccc4)c4ccccc34)cnc2N1.